The van der Waals surface area contributed by atoms with Gasteiger partial charge in [-0.15, -0.1) is 5.92 Å². The van der Waals surface area contributed by atoms with Crippen molar-refractivity contribution in [2.24, 2.45) is 0 Å². The Kier molecular flexibility index (Phi) is 5.78. The summed E-state index contributed by atoms with van der Waals surface area (Å²) in [6, 6.07) is 0. The molecule has 0 saturated heterocycles. The largest absolute Gasteiger partial charge is 0.298 e. The van der Waals surface area contributed by atoms with Crippen molar-refractivity contribution in [3.05, 3.63) is 0 Å². The molecule has 2 heteroatoms. The molecule has 0 aromatic rings. The lowest BCUT2D eigenvalue weighted by Gasteiger charge is -2.20. The van der Waals surface area contributed by atoms with Gasteiger partial charge in [0.05, 0.1) is 12.2 Å². The number of hydrogen-bond donors (Lipinski definition) is 0. The van der Waals surface area contributed by atoms with Crippen LogP contribution < -0.4 is 0 Å². The van der Waals surface area contributed by atoms with Gasteiger partial charge in [0.2, 0.25) is 0 Å². The van der Waals surface area contributed by atoms with Crippen LogP contribution in [0.1, 0.15) is 45.4 Å². The number of hydrogen-bond acceptors (Lipinski definition) is 2. The first-order valence-electron chi connectivity index (χ1n) is 5.36. The Morgan fingerprint density at radius 3 is 2.71 bits per heavy atom. The molecule has 14 heavy (non-hydrogen) atoms. The molecule has 1 fully saturated rings. The average molecular weight is 210 g/mol. The van der Waals surface area contributed by atoms with Gasteiger partial charge in [0, 0.05) is 5.25 Å². The van der Waals surface area contributed by atoms with Crippen LogP contribution >= 0.6 is 11.8 Å². The summed E-state index contributed by atoms with van der Waals surface area (Å²) in [6.07, 6.45) is 7.12. The molecule has 1 rings (SSSR count). The lowest BCUT2D eigenvalue weighted by molar-refractivity contribution is -0.115. The van der Waals surface area contributed by atoms with E-state index >= 15 is 0 Å². The summed E-state index contributed by atoms with van der Waals surface area (Å²) in [6.45, 7) is 1.78. The number of rotatable bonds is 4. The van der Waals surface area contributed by atoms with Crippen molar-refractivity contribution in [2.75, 3.05) is 5.75 Å². The Morgan fingerprint density at radius 2 is 2.07 bits per heavy atom. The van der Waals surface area contributed by atoms with Crippen LogP contribution in [0.4, 0.5) is 0 Å². The smallest absolute Gasteiger partial charge is 0.154 e. The summed E-state index contributed by atoms with van der Waals surface area (Å²) >= 11 is 1.84. The van der Waals surface area contributed by atoms with E-state index in [1.807, 2.05) is 11.8 Å². The predicted octanol–water partition coefficient (Wildman–Crippen LogP) is 3.03. The zero-order chi connectivity index (χ0) is 10.2. The predicted molar refractivity (Wildman–Crippen MR) is 62.4 cm³/mol. The molecule has 0 bridgehead atoms. The van der Waals surface area contributed by atoms with Gasteiger partial charge in [0.15, 0.2) is 5.78 Å². The molecule has 1 aliphatic carbocycles. The van der Waals surface area contributed by atoms with Crippen molar-refractivity contribution in [1.29, 1.82) is 0 Å². The van der Waals surface area contributed by atoms with Crippen molar-refractivity contribution >= 4 is 17.5 Å². The van der Waals surface area contributed by atoms with Gasteiger partial charge in [-0.3, -0.25) is 4.79 Å². The minimum absolute atomic E-state index is 0.287. The molecule has 1 nitrogen and oxygen atoms in total. The van der Waals surface area contributed by atoms with Crippen LogP contribution in [-0.2, 0) is 4.79 Å². The maximum Gasteiger partial charge on any atom is 0.154 e. The molecular formula is C12H18OS. The van der Waals surface area contributed by atoms with Crippen LogP contribution in [0.25, 0.3) is 0 Å². The van der Waals surface area contributed by atoms with Gasteiger partial charge in [0.25, 0.3) is 0 Å². The third kappa shape index (κ3) is 4.72. The van der Waals surface area contributed by atoms with Gasteiger partial charge in [-0.05, 0) is 19.8 Å². The number of ketones is 1. The molecule has 0 atom stereocenters. The van der Waals surface area contributed by atoms with Crippen molar-refractivity contribution in [1.82, 2.24) is 0 Å². The van der Waals surface area contributed by atoms with E-state index in [-0.39, 0.29) is 5.78 Å². The van der Waals surface area contributed by atoms with E-state index in [4.69, 9.17) is 0 Å². The van der Waals surface area contributed by atoms with Crippen LogP contribution in [0, 0.1) is 11.8 Å². The Morgan fingerprint density at radius 1 is 1.36 bits per heavy atom. The Balaban J connectivity index is 2.11. The van der Waals surface area contributed by atoms with Gasteiger partial charge in [-0.25, -0.2) is 0 Å². The maximum atomic E-state index is 11.3. The van der Waals surface area contributed by atoms with Crippen LogP contribution in [0.3, 0.4) is 0 Å². The quantitative estimate of drug-likeness (QED) is 0.663. The Labute approximate surface area is 91.0 Å². The van der Waals surface area contributed by atoms with E-state index < -0.39 is 0 Å². The number of carbonyl (C=O) groups excluding carboxylic acids is 1. The molecular weight excluding hydrogens is 192 g/mol. The fraction of sp³-hybridized carbons (Fsp3) is 0.750. The molecule has 1 saturated carbocycles. The second-order valence-electron chi connectivity index (χ2n) is 3.71. The van der Waals surface area contributed by atoms with Crippen molar-refractivity contribution in [3.8, 4) is 11.8 Å². The highest BCUT2D eigenvalue weighted by atomic mass is 32.2. The normalized spacial score (nSPS) is 17.2. The average Bonchev–Trinajstić information content (AvgIpc) is 2.25. The molecule has 0 aliphatic heterocycles. The standard InChI is InChI=1S/C12H18OS/c1-2-3-7-11(13)10-14-12-8-5-4-6-9-12/h12H,4-10H2,1H3. The topological polar surface area (TPSA) is 17.1 Å². The van der Waals surface area contributed by atoms with E-state index in [2.05, 4.69) is 11.8 Å². The summed E-state index contributed by atoms with van der Waals surface area (Å²) in [5.41, 5.74) is 0. The minimum Gasteiger partial charge on any atom is -0.298 e. The van der Waals surface area contributed by atoms with Crippen LogP contribution in [-0.4, -0.2) is 16.8 Å². The molecule has 0 unspecified atom stereocenters. The van der Waals surface area contributed by atoms with E-state index in [9.17, 15) is 4.79 Å². The fourth-order valence-electron chi connectivity index (χ4n) is 1.68. The highest BCUT2D eigenvalue weighted by molar-refractivity contribution is 8.00. The highest BCUT2D eigenvalue weighted by Crippen LogP contribution is 2.28. The molecule has 0 aromatic heterocycles. The molecule has 0 heterocycles. The number of carbonyl (C=O) groups is 1. The molecule has 0 aromatic carbocycles. The summed E-state index contributed by atoms with van der Waals surface area (Å²) in [5.74, 6) is 6.53. The zero-order valence-corrected chi connectivity index (χ0v) is 9.66. The van der Waals surface area contributed by atoms with Crippen LogP contribution in [0.15, 0.2) is 0 Å². The van der Waals surface area contributed by atoms with Gasteiger partial charge in [-0.1, -0.05) is 25.2 Å². The first-order valence-corrected chi connectivity index (χ1v) is 6.40. The third-order valence-electron chi connectivity index (χ3n) is 2.49. The van der Waals surface area contributed by atoms with Crippen molar-refractivity contribution < 1.29 is 4.79 Å². The second-order valence-corrected chi connectivity index (χ2v) is 5.00. The van der Waals surface area contributed by atoms with E-state index in [1.165, 1.54) is 32.1 Å². The zero-order valence-electron chi connectivity index (χ0n) is 8.84. The van der Waals surface area contributed by atoms with Gasteiger partial charge in [0.1, 0.15) is 0 Å². The molecule has 78 valence electrons. The van der Waals surface area contributed by atoms with Gasteiger partial charge in [-0.2, -0.15) is 11.8 Å². The lowest BCUT2D eigenvalue weighted by Crippen LogP contribution is -2.11. The minimum atomic E-state index is 0.287. The lowest BCUT2D eigenvalue weighted by atomic mass is 10.0. The fourth-order valence-corrected chi connectivity index (χ4v) is 2.87. The second kappa shape index (κ2) is 6.95. The molecule has 0 amide bonds. The monoisotopic (exact) mass is 210 g/mol. The van der Waals surface area contributed by atoms with Crippen molar-refractivity contribution in [3.63, 3.8) is 0 Å². The molecule has 0 radical (unpaired) electrons. The van der Waals surface area contributed by atoms with E-state index in [0.29, 0.717) is 12.2 Å². The van der Waals surface area contributed by atoms with Gasteiger partial charge >= 0.3 is 0 Å². The summed E-state index contributed by atoms with van der Waals surface area (Å²) in [5, 5.41) is 0.738. The van der Waals surface area contributed by atoms with E-state index in [1.54, 1.807) is 6.92 Å². The van der Waals surface area contributed by atoms with Crippen molar-refractivity contribution in [2.45, 2.75) is 50.7 Å². The number of Topliss-reactive ketones (excluding diaryl/α,β-unsaturated/α-hetero) is 1. The Hall–Kier alpha value is -0.420. The van der Waals surface area contributed by atoms with Crippen LogP contribution in [0.5, 0.6) is 0 Å². The van der Waals surface area contributed by atoms with E-state index in [0.717, 1.165) is 5.25 Å². The molecule has 0 spiro atoms. The molecule has 0 N–H and O–H groups in total. The summed E-state index contributed by atoms with van der Waals surface area (Å²) < 4.78 is 0. The van der Waals surface area contributed by atoms with Crippen LogP contribution in [0.2, 0.25) is 0 Å². The highest BCUT2D eigenvalue weighted by Gasteiger charge is 2.14. The number of thioether (sulfide) groups is 1. The maximum absolute atomic E-state index is 11.3. The summed E-state index contributed by atoms with van der Waals surface area (Å²) in [4.78, 5) is 11.3. The third-order valence-corrected chi connectivity index (χ3v) is 3.93. The summed E-state index contributed by atoms with van der Waals surface area (Å²) in [7, 11) is 0. The first kappa shape index (κ1) is 11.7. The Bertz CT molecular complexity index is 230. The SMILES string of the molecule is CC#CCC(=O)CSC1CCCCC1. The van der Waals surface area contributed by atoms with Gasteiger partial charge < -0.3 is 0 Å². The first-order chi connectivity index (χ1) is 6.83. The molecule has 1 aliphatic rings.